The van der Waals surface area contributed by atoms with Crippen LogP contribution in [0.25, 0.3) is 10.2 Å². The van der Waals surface area contributed by atoms with E-state index in [0.717, 1.165) is 11.1 Å². The minimum absolute atomic E-state index is 0.0118. The monoisotopic (exact) mass is 331 g/mol. The van der Waals surface area contributed by atoms with E-state index in [4.69, 9.17) is 0 Å². The normalized spacial score (nSPS) is 12.0. The van der Waals surface area contributed by atoms with Gasteiger partial charge < -0.3 is 4.57 Å². The Morgan fingerprint density at radius 1 is 1.39 bits per heavy atom. The van der Waals surface area contributed by atoms with Crippen molar-refractivity contribution in [1.29, 1.82) is 0 Å². The van der Waals surface area contributed by atoms with Gasteiger partial charge in [0.15, 0.2) is 10.5 Å². The molecule has 0 saturated carbocycles. The molecule has 0 saturated heterocycles. The predicted octanol–water partition coefficient (Wildman–Crippen LogP) is 1.93. The summed E-state index contributed by atoms with van der Waals surface area (Å²) < 4.78 is 4.00. The zero-order valence-electron chi connectivity index (χ0n) is 12.7. The number of fused-ring (bicyclic) bond motifs is 1. The third kappa shape index (κ3) is 2.66. The zero-order valence-corrected chi connectivity index (χ0v) is 13.5. The van der Waals surface area contributed by atoms with E-state index in [0.29, 0.717) is 15.2 Å². The Labute approximate surface area is 134 Å². The van der Waals surface area contributed by atoms with E-state index in [-0.39, 0.29) is 5.69 Å². The van der Waals surface area contributed by atoms with Gasteiger partial charge in [-0.15, -0.1) is 0 Å². The molecule has 0 fully saturated rings. The highest BCUT2D eigenvalue weighted by atomic mass is 32.1. The molecule has 0 aliphatic rings. The number of nitro groups is 1. The van der Waals surface area contributed by atoms with Gasteiger partial charge >= 0.3 is 0 Å². The molecule has 0 N–H and O–H groups in total. The number of non-ortho nitro benzene ring substituents is 1. The van der Waals surface area contributed by atoms with Crippen molar-refractivity contribution < 1.29 is 9.72 Å². The van der Waals surface area contributed by atoms with Crippen LogP contribution in [0.5, 0.6) is 0 Å². The summed E-state index contributed by atoms with van der Waals surface area (Å²) in [6.07, 6.45) is 1.75. The molecule has 0 aliphatic carbocycles. The highest BCUT2D eigenvalue weighted by molar-refractivity contribution is 7.16. The van der Waals surface area contributed by atoms with Crippen molar-refractivity contribution in [3.05, 3.63) is 50.6 Å². The smallest absolute Gasteiger partial charge is 0.300 e. The fraction of sp³-hybridized carbons (Fsp3) is 0.214. The van der Waals surface area contributed by atoms with Crippen LogP contribution in [0.3, 0.4) is 0 Å². The second kappa shape index (κ2) is 5.43. The van der Waals surface area contributed by atoms with Gasteiger partial charge in [0.25, 0.3) is 11.6 Å². The van der Waals surface area contributed by atoms with Crippen molar-refractivity contribution in [2.45, 2.75) is 6.92 Å². The lowest BCUT2D eigenvalue weighted by Crippen LogP contribution is -2.14. The first kappa shape index (κ1) is 15.1. The van der Waals surface area contributed by atoms with Gasteiger partial charge in [0, 0.05) is 38.0 Å². The first-order valence-electron chi connectivity index (χ1n) is 6.70. The SMILES string of the molecule is Cc1cn(C)nc1C(=O)N=c1sc2cc([N+](=O)[O-])ccc2n1C. The first-order valence-corrected chi connectivity index (χ1v) is 7.51. The van der Waals surface area contributed by atoms with E-state index in [1.165, 1.54) is 23.5 Å². The molecule has 0 bridgehead atoms. The summed E-state index contributed by atoms with van der Waals surface area (Å²) in [6.45, 7) is 1.80. The summed E-state index contributed by atoms with van der Waals surface area (Å²) in [5.74, 6) is -0.431. The van der Waals surface area contributed by atoms with Crippen LogP contribution in [-0.2, 0) is 14.1 Å². The van der Waals surface area contributed by atoms with Crippen molar-refractivity contribution in [2.75, 3.05) is 0 Å². The number of nitrogens with zero attached hydrogens (tertiary/aromatic N) is 5. The number of benzene rings is 1. The summed E-state index contributed by atoms with van der Waals surface area (Å²) in [7, 11) is 3.50. The zero-order chi connectivity index (χ0) is 16.7. The summed E-state index contributed by atoms with van der Waals surface area (Å²) in [5.41, 5.74) is 1.85. The van der Waals surface area contributed by atoms with Crippen LogP contribution in [0.15, 0.2) is 29.4 Å². The molecule has 23 heavy (non-hydrogen) atoms. The van der Waals surface area contributed by atoms with Gasteiger partial charge in [0.05, 0.1) is 15.1 Å². The average Bonchev–Trinajstić information content (AvgIpc) is 2.98. The standard InChI is InChI=1S/C14H13N5O3S/c1-8-7-17(2)16-12(8)13(20)15-14-18(3)10-5-4-9(19(21)22)6-11(10)23-14/h4-7H,1-3H3. The number of hydrogen-bond acceptors (Lipinski definition) is 5. The highest BCUT2D eigenvalue weighted by Gasteiger charge is 2.14. The van der Waals surface area contributed by atoms with Gasteiger partial charge in [-0.05, 0) is 13.0 Å². The Morgan fingerprint density at radius 3 is 2.74 bits per heavy atom. The Hall–Kier alpha value is -2.81. The summed E-state index contributed by atoms with van der Waals surface area (Å²) in [5, 5.41) is 15.0. The lowest BCUT2D eigenvalue weighted by molar-refractivity contribution is -0.384. The van der Waals surface area contributed by atoms with Gasteiger partial charge in [-0.25, -0.2) is 0 Å². The second-order valence-electron chi connectivity index (χ2n) is 5.10. The number of thiazole rings is 1. The molecule has 0 unspecified atom stereocenters. The molecule has 3 aromatic rings. The fourth-order valence-corrected chi connectivity index (χ4v) is 3.35. The number of aryl methyl sites for hydroxylation is 3. The third-order valence-corrected chi connectivity index (χ3v) is 4.51. The molecule has 0 atom stereocenters. The molecule has 3 rings (SSSR count). The molecule has 2 heterocycles. The van der Waals surface area contributed by atoms with E-state index in [2.05, 4.69) is 10.1 Å². The number of aromatic nitrogens is 3. The number of nitro benzene ring substituents is 1. The molecule has 9 heteroatoms. The molecule has 0 aliphatic heterocycles. The van der Waals surface area contributed by atoms with E-state index >= 15 is 0 Å². The minimum atomic E-state index is -0.446. The fourth-order valence-electron chi connectivity index (χ4n) is 2.30. The van der Waals surface area contributed by atoms with Gasteiger partial charge in [-0.1, -0.05) is 11.3 Å². The Bertz CT molecular complexity index is 1010. The summed E-state index contributed by atoms with van der Waals surface area (Å²) >= 11 is 1.23. The lowest BCUT2D eigenvalue weighted by atomic mass is 10.3. The number of carbonyl (C=O) groups excluding carboxylic acids is 1. The number of amides is 1. The Morgan fingerprint density at radius 2 is 2.13 bits per heavy atom. The molecule has 8 nitrogen and oxygen atoms in total. The van der Waals surface area contributed by atoms with Crippen molar-refractivity contribution >= 4 is 33.1 Å². The van der Waals surface area contributed by atoms with Crippen LogP contribution in [0.4, 0.5) is 5.69 Å². The van der Waals surface area contributed by atoms with Crippen LogP contribution in [0, 0.1) is 17.0 Å². The van der Waals surface area contributed by atoms with Crippen LogP contribution in [0.1, 0.15) is 16.1 Å². The molecular formula is C14H13N5O3S. The van der Waals surface area contributed by atoms with Crippen LogP contribution in [0.2, 0.25) is 0 Å². The molecule has 118 valence electrons. The summed E-state index contributed by atoms with van der Waals surface area (Å²) in [4.78, 5) is 27.3. The van der Waals surface area contributed by atoms with Crippen LogP contribution in [-0.4, -0.2) is 25.2 Å². The second-order valence-corrected chi connectivity index (χ2v) is 6.11. The maximum absolute atomic E-state index is 12.3. The number of carbonyl (C=O) groups is 1. The quantitative estimate of drug-likeness (QED) is 0.529. The van der Waals surface area contributed by atoms with E-state index in [9.17, 15) is 14.9 Å². The molecule has 2 aromatic heterocycles. The lowest BCUT2D eigenvalue weighted by Gasteiger charge is -1.95. The third-order valence-electron chi connectivity index (χ3n) is 3.42. The maximum atomic E-state index is 12.3. The van der Waals surface area contributed by atoms with Crippen molar-refractivity contribution in [3.63, 3.8) is 0 Å². The molecule has 0 radical (unpaired) electrons. The molecular weight excluding hydrogens is 318 g/mol. The van der Waals surface area contributed by atoms with Gasteiger partial charge in [-0.3, -0.25) is 19.6 Å². The highest BCUT2D eigenvalue weighted by Crippen LogP contribution is 2.22. The average molecular weight is 331 g/mol. The predicted molar refractivity (Wildman–Crippen MR) is 85.3 cm³/mol. The van der Waals surface area contributed by atoms with Gasteiger partial charge in [0.2, 0.25) is 0 Å². The summed E-state index contributed by atoms with van der Waals surface area (Å²) in [6, 6.07) is 4.57. The largest absolute Gasteiger partial charge is 0.319 e. The molecule has 1 aromatic carbocycles. The molecule has 1 amide bonds. The first-order chi connectivity index (χ1) is 10.9. The van der Waals surface area contributed by atoms with Crippen molar-refractivity contribution in [2.24, 2.45) is 19.1 Å². The van der Waals surface area contributed by atoms with Crippen molar-refractivity contribution in [1.82, 2.24) is 14.3 Å². The van der Waals surface area contributed by atoms with Gasteiger partial charge in [0.1, 0.15) is 0 Å². The topological polar surface area (TPSA) is 95.3 Å². The van der Waals surface area contributed by atoms with E-state index in [1.54, 1.807) is 42.5 Å². The maximum Gasteiger partial charge on any atom is 0.300 e. The Kier molecular flexibility index (Phi) is 3.57. The molecule has 0 spiro atoms. The van der Waals surface area contributed by atoms with E-state index in [1.807, 2.05) is 0 Å². The minimum Gasteiger partial charge on any atom is -0.319 e. The Balaban J connectivity index is 2.12. The number of rotatable bonds is 2. The van der Waals surface area contributed by atoms with Crippen LogP contribution >= 0.6 is 11.3 Å². The van der Waals surface area contributed by atoms with Gasteiger partial charge in [-0.2, -0.15) is 10.1 Å². The van der Waals surface area contributed by atoms with Crippen molar-refractivity contribution in [3.8, 4) is 0 Å². The van der Waals surface area contributed by atoms with E-state index < -0.39 is 10.8 Å². The number of hydrogen-bond donors (Lipinski definition) is 0. The van der Waals surface area contributed by atoms with Crippen LogP contribution < -0.4 is 4.80 Å².